The van der Waals surface area contributed by atoms with Crippen molar-refractivity contribution in [3.63, 3.8) is 0 Å². The Morgan fingerprint density at radius 3 is 2.34 bits per heavy atom. The van der Waals surface area contributed by atoms with Gasteiger partial charge in [-0.15, -0.1) is 0 Å². The minimum absolute atomic E-state index is 0.115. The second kappa shape index (κ2) is 20.2. The Balaban J connectivity index is 0.908. The summed E-state index contributed by atoms with van der Waals surface area (Å²) in [6, 6.07) is 27.7. The molecule has 1 heterocycles. The van der Waals surface area contributed by atoms with E-state index in [4.69, 9.17) is 4.74 Å². The number of aliphatic hydroxyl groups excluding tert-OH is 2. The number of fused-ring (bicyclic) bond motifs is 6. The quantitative estimate of drug-likeness (QED) is 0.0734. The highest BCUT2D eigenvalue weighted by molar-refractivity contribution is 5.86. The molecule has 6 N–H and O–H groups in total. The topological polar surface area (TPSA) is 157 Å². The monoisotopic (exact) mass is 1120 g/mol. The van der Waals surface area contributed by atoms with Crippen LogP contribution in [0.25, 0.3) is 0 Å². The third kappa shape index (κ3) is 7.92. The molecule has 9 heteroatoms. The van der Waals surface area contributed by atoms with Crippen LogP contribution in [0.4, 0.5) is 0 Å². The molecule has 16 rings (SSSR count). The smallest absolute Gasteiger partial charge is 0.331 e. The molecule has 0 radical (unpaired) electrons. The van der Waals surface area contributed by atoms with E-state index in [1.165, 1.54) is 36.8 Å². The lowest BCUT2D eigenvalue weighted by Gasteiger charge is -2.74. The third-order valence-electron chi connectivity index (χ3n) is 28.0. The minimum atomic E-state index is -1.79. The summed E-state index contributed by atoms with van der Waals surface area (Å²) in [6.07, 6.45) is 20.5. The summed E-state index contributed by atoms with van der Waals surface area (Å²) < 4.78 is 6.58. The van der Waals surface area contributed by atoms with Crippen LogP contribution in [0.3, 0.4) is 0 Å². The largest absolute Gasteiger partial charge is 0.454 e. The van der Waals surface area contributed by atoms with Gasteiger partial charge in [0.15, 0.2) is 0 Å². The first-order valence-corrected chi connectivity index (χ1v) is 33.4. The molecular weight excluding hydrogens is 1030 g/mol. The first kappa shape index (κ1) is 55.4. The van der Waals surface area contributed by atoms with Gasteiger partial charge in [-0.2, -0.15) is 0 Å². The summed E-state index contributed by atoms with van der Waals surface area (Å²) in [7, 11) is 1.98. The van der Waals surface area contributed by atoms with E-state index in [-0.39, 0.29) is 54.6 Å². The fraction of sp³-hybridized carbons (Fsp3) is 0.676. The molecule has 83 heavy (non-hydrogen) atoms. The van der Waals surface area contributed by atoms with Crippen molar-refractivity contribution in [1.29, 1.82) is 0 Å². The third-order valence-corrected chi connectivity index (χ3v) is 28.0. The van der Waals surface area contributed by atoms with Gasteiger partial charge in [0, 0.05) is 51.7 Å². The lowest BCUT2D eigenvalue weighted by molar-refractivity contribution is -0.358. The van der Waals surface area contributed by atoms with Crippen molar-refractivity contribution in [2.75, 3.05) is 7.05 Å². The van der Waals surface area contributed by atoms with Gasteiger partial charge >= 0.3 is 5.97 Å². The number of benzene rings is 3. The van der Waals surface area contributed by atoms with E-state index in [9.17, 15) is 20.1 Å². The summed E-state index contributed by atoms with van der Waals surface area (Å²) in [5.41, 5.74) is -2.30. The SMILES string of the molecule is CNC1Cc2c(cccc2CO)C#CC2(CCC(Cc3ccccc3)C2)CC23CCC4C(O)(CC5CC(C(C)C6CCCC6)CCC6C(O)C7(CCC8CC(c9ccccc9)CCC87)CC4(C=O)C56O)C2(O)CC2CC1C1OC(=O)C=C1C23. The Labute approximate surface area is 493 Å². The molecular formula is C74H93NO8. The van der Waals surface area contributed by atoms with Crippen molar-refractivity contribution in [3.05, 3.63) is 118 Å². The van der Waals surface area contributed by atoms with E-state index in [1.807, 2.05) is 19.2 Å². The molecule has 0 amide bonds. The molecule has 442 valence electrons. The molecule has 3 aromatic rings. The van der Waals surface area contributed by atoms with Crippen LogP contribution in [0.2, 0.25) is 0 Å². The Morgan fingerprint density at radius 2 is 1.57 bits per heavy atom. The lowest BCUT2D eigenvalue weighted by Crippen LogP contribution is -2.82. The molecule has 22 atom stereocenters. The number of likely N-dealkylation sites (N-methyl/N-ethyl adjacent to an activating group) is 1. The van der Waals surface area contributed by atoms with Crippen LogP contribution < -0.4 is 5.32 Å². The van der Waals surface area contributed by atoms with E-state index < -0.39 is 68.4 Å². The average Bonchev–Trinajstić information content (AvgIpc) is 2.20. The van der Waals surface area contributed by atoms with Crippen molar-refractivity contribution >= 4 is 12.3 Å². The van der Waals surface area contributed by atoms with Crippen molar-refractivity contribution < 1.29 is 39.9 Å². The van der Waals surface area contributed by atoms with Crippen LogP contribution in [-0.4, -0.2) is 79.9 Å². The van der Waals surface area contributed by atoms with Gasteiger partial charge in [0.25, 0.3) is 0 Å². The standard InChI is InChI=1S/C74H93NO8/c1-45(48-14-9-10-15-48)51-20-23-61-67(79)69(30-26-53-33-52(21-22-60(53)69)49-16-7-4-8-17-49)43-71(44-77)63-27-31-70-42-68(28-24-47(38-68)32-46-12-5-3-6-13-46)29-25-50-18-11-19-54(41-76)57(50)36-62(75-2)58-35-55(65(70)59-37-64(78)83-66(58)59)39-73(70,81)72(63,80)40-56(34-51)74(61,71)82/h3-8,11-13,16-19,37,44-45,47-48,51-53,55-56,58,60-63,65-67,75-76,79-82H,9-10,14-15,20-24,26-28,30-36,38-43H2,1-2H3. The van der Waals surface area contributed by atoms with Gasteiger partial charge in [-0.3, -0.25) is 0 Å². The molecule has 13 aliphatic rings. The summed E-state index contributed by atoms with van der Waals surface area (Å²) in [6.45, 7) is 2.32. The van der Waals surface area contributed by atoms with E-state index in [0.717, 1.165) is 92.8 Å². The van der Waals surface area contributed by atoms with Crippen LogP contribution in [0.5, 0.6) is 0 Å². The minimum Gasteiger partial charge on any atom is -0.454 e. The first-order valence-electron chi connectivity index (χ1n) is 33.4. The number of aliphatic hydroxyl groups is 5. The number of carbonyl (C=O) groups excluding carboxylic acids is 2. The van der Waals surface area contributed by atoms with E-state index >= 15 is 15.0 Å². The predicted molar refractivity (Wildman–Crippen MR) is 319 cm³/mol. The van der Waals surface area contributed by atoms with Gasteiger partial charge in [-0.05, 0) is 229 Å². The zero-order valence-corrected chi connectivity index (χ0v) is 49.5. The van der Waals surface area contributed by atoms with Crippen molar-refractivity contribution in [1.82, 2.24) is 5.32 Å². The van der Waals surface area contributed by atoms with E-state index in [1.54, 1.807) is 6.08 Å². The zero-order valence-electron chi connectivity index (χ0n) is 49.5. The molecule has 0 aromatic heterocycles. The van der Waals surface area contributed by atoms with Crippen molar-refractivity contribution in [2.45, 2.75) is 209 Å². The average molecular weight is 1120 g/mol. The Morgan fingerprint density at radius 1 is 0.783 bits per heavy atom. The van der Waals surface area contributed by atoms with Crippen molar-refractivity contribution in [2.24, 2.45) is 92.7 Å². The number of hydrogen-bond acceptors (Lipinski definition) is 9. The van der Waals surface area contributed by atoms with Gasteiger partial charge < -0.3 is 40.4 Å². The summed E-state index contributed by atoms with van der Waals surface area (Å²) in [5, 5.41) is 73.9. The highest BCUT2D eigenvalue weighted by Gasteiger charge is 2.85. The van der Waals surface area contributed by atoms with Gasteiger partial charge in [0.05, 0.1) is 29.3 Å². The second-order valence-corrected chi connectivity index (χ2v) is 30.7. The zero-order chi connectivity index (χ0) is 56.9. The number of aldehydes is 1. The fourth-order valence-corrected chi connectivity index (χ4v) is 24.7. The van der Waals surface area contributed by atoms with Gasteiger partial charge in [0.2, 0.25) is 0 Å². The first-order chi connectivity index (χ1) is 40.2. The summed E-state index contributed by atoms with van der Waals surface area (Å²) in [5.74, 6) is 7.72. The fourth-order valence-electron chi connectivity index (χ4n) is 24.7. The molecule has 3 aromatic carbocycles. The maximum absolute atomic E-state index is 15.6. The van der Waals surface area contributed by atoms with Gasteiger partial charge in [0.1, 0.15) is 18.0 Å². The molecule has 3 spiro atoms. The number of hydrogen-bond donors (Lipinski definition) is 6. The molecule has 22 unspecified atom stereocenters. The number of carbonyl (C=O) groups is 2. The highest BCUT2D eigenvalue weighted by Crippen LogP contribution is 2.81. The Bertz CT molecular complexity index is 3090. The van der Waals surface area contributed by atoms with E-state index in [0.29, 0.717) is 87.4 Å². The Hall–Kier alpha value is -4.14. The maximum atomic E-state index is 15.6. The predicted octanol–water partition coefficient (Wildman–Crippen LogP) is 11.4. The number of ether oxygens (including phenoxy) is 1. The Kier molecular flexibility index (Phi) is 13.5. The van der Waals surface area contributed by atoms with Crippen molar-refractivity contribution in [3.8, 4) is 11.8 Å². The second-order valence-electron chi connectivity index (χ2n) is 30.7. The number of esters is 1. The van der Waals surface area contributed by atoms with Crippen LogP contribution in [-0.2, 0) is 33.8 Å². The van der Waals surface area contributed by atoms with E-state index in [2.05, 4.69) is 90.8 Å². The van der Waals surface area contributed by atoms with Gasteiger partial charge in [-0.25, -0.2) is 4.79 Å². The van der Waals surface area contributed by atoms with Crippen LogP contribution in [0.1, 0.15) is 182 Å². The van der Waals surface area contributed by atoms with Crippen LogP contribution in [0.15, 0.2) is 90.5 Å². The molecule has 12 aliphatic carbocycles. The summed E-state index contributed by atoms with van der Waals surface area (Å²) >= 11 is 0. The summed E-state index contributed by atoms with van der Waals surface area (Å²) in [4.78, 5) is 29.9. The van der Waals surface area contributed by atoms with Crippen LogP contribution >= 0.6 is 0 Å². The molecule has 10 saturated carbocycles. The van der Waals surface area contributed by atoms with Gasteiger partial charge in [-0.1, -0.05) is 117 Å². The van der Waals surface area contributed by atoms with Crippen LogP contribution in [0, 0.1) is 105 Å². The normalized spacial score (nSPS) is 47.0. The molecule has 0 saturated heterocycles. The molecule has 9 nitrogen and oxygen atoms in total. The number of rotatable bonds is 8. The molecule has 1 aliphatic heterocycles. The molecule has 10 fully saturated rings. The maximum Gasteiger partial charge on any atom is 0.331 e. The number of nitrogens with one attached hydrogen (secondary N) is 1. The lowest BCUT2D eigenvalue weighted by atomic mass is 9.32. The molecule has 4 bridgehead atoms. The highest BCUT2D eigenvalue weighted by atomic mass is 16.5.